The molecule has 1 aromatic rings. The molecule has 8 rings (SSSR count). The van der Waals surface area contributed by atoms with Crippen LogP contribution in [0.3, 0.4) is 0 Å². The minimum Gasteiger partial charge on any atom is -0.353 e. The van der Waals surface area contributed by atoms with Gasteiger partial charge in [-0.15, -0.1) is 0 Å². The lowest BCUT2D eigenvalue weighted by Gasteiger charge is -2.41. The highest BCUT2D eigenvalue weighted by Crippen LogP contribution is 2.76. The van der Waals surface area contributed by atoms with Gasteiger partial charge in [0.2, 0.25) is 5.91 Å². The van der Waals surface area contributed by atoms with Crippen LogP contribution in [0.25, 0.3) is 0 Å². The molecule has 6 bridgehead atoms. The molecular formula is C26H35NO. The molecule has 1 aromatic carbocycles. The van der Waals surface area contributed by atoms with Crippen LogP contribution in [0.4, 0.5) is 0 Å². The summed E-state index contributed by atoms with van der Waals surface area (Å²) in [6.07, 6.45) is 14.1. The van der Waals surface area contributed by atoms with E-state index < -0.39 is 0 Å². The molecule has 0 radical (unpaired) electrons. The Morgan fingerprint density at radius 2 is 1.57 bits per heavy atom. The summed E-state index contributed by atoms with van der Waals surface area (Å²) in [5.41, 5.74) is 1.82. The number of rotatable bonds is 3. The number of benzene rings is 1. The third kappa shape index (κ3) is 2.36. The van der Waals surface area contributed by atoms with Gasteiger partial charge in [0.15, 0.2) is 0 Å². The fraction of sp³-hybridized carbons (Fsp3) is 0.731. The zero-order chi connectivity index (χ0) is 19.0. The Morgan fingerprint density at radius 1 is 0.893 bits per heavy atom. The summed E-state index contributed by atoms with van der Waals surface area (Å²) in [5.74, 6) is 2.90. The topological polar surface area (TPSA) is 29.1 Å². The molecule has 150 valence electrons. The summed E-state index contributed by atoms with van der Waals surface area (Å²) in [5, 5.41) is 3.66. The normalized spacial score (nSPS) is 48.6. The number of hydrogen-bond acceptors (Lipinski definition) is 1. The second kappa shape index (κ2) is 5.86. The van der Waals surface area contributed by atoms with Crippen molar-refractivity contribution in [2.24, 2.45) is 28.6 Å². The molecule has 0 saturated heterocycles. The summed E-state index contributed by atoms with van der Waals surface area (Å²) < 4.78 is 0. The number of nitrogens with one attached hydrogen (secondary N) is 1. The average molecular weight is 378 g/mol. The monoisotopic (exact) mass is 377 g/mol. The Hall–Kier alpha value is -1.31. The molecule has 0 aliphatic heterocycles. The van der Waals surface area contributed by atoms with Crippen molar-refractivity contribution in [2.75, 3.05) is 0 Å². The summed E-state index contributed by atoms with van der Waals surface area (Å²) in [6.45, 7) is 2.45. The van der Waals surface area contributed by atoms with Crippen molar-refractivity contribution >= 4 is 5.91 Å². The van der Waals surface area contributed by atoms with E-state index in [9.17, 15) is 4.79 Å². The highest BCUT2D eigenvalue weighted by molar-refractivity contribution is 5.85. The van der Waals surface area contributed by atoms with Gasteiger partial charge >= 0.3 is 0 Å². The predicted octanol–water partition coefficient (Wildman–Crippen LogP) is 5.61. The van der Waals surface area contributed by atoms with Crippen molar-refractivity contribution < 1.29 is 4.79 Å². The lowest BCUT2D eigenvalue weighted by molar-refractivity contribution is -0.136. The van der Waals surface area contributed by atoms with E-state index in [0.717, 1.165) is 30.6 Å². The van der Waals surface area contributed by atoms with Gasteiger partial charge in [0.25, 0.3) is 0 Å². The van der Waals surface area contributed by atoms with Gasteiger partial charge in [-0.3, -0.25) is 4.79 Å². The number of amides is 1. The van der Waals surface area contributed by atoms with Crippen molar-refractivity contribution in [3.05, 3.63) is 35.9 Å². The summed E-state index contributed by atoms with van der Waals surface area (Å²) >= 11 is 0. The third-order valence-electron chi connectivity index (χ3n) is 9.94. The van der Waals surface area contributed by atoms with Crippen molar-refractivity contribution in [1.29, 1.82) is 0 Å². The largest absolute Gasteiger partial charge is 0.353 e. The first kappa shape index (κ1) is 17.5. The van der Waals surface area contributed by atoms with Crippen molar-refractivity contribution in [3.63, 3.8) is 0 Å². The first-order valence-corrected chi connectivity index (χ1v) is 11.9. The Morgan fingerprint density at radius 3 is 2.25 bits per heavy atom. The molecule has 7 fully saturated rings. The van der Waals surface area contributed by atoms with Gasteiger partial charge in [-0.1, -0.05) is 62.9 Å². The minimum atomic E-state index is -0.114. The second-order valence-corrected chi connectivity index (χ2v) is 11.6. The lowest BCUT2D eigenvalue weighted by atomic mass is 9.63. The Kier molecular flexibility index (Phi) is 3.67. The van der Waals surface area contributed by atoms with Gasteiger partial charge in [0.05, 0.1) is 5.41 Å². The summed E-state index contributed by atoms with van der Waals surface area (Å²) in [6, 6.07) is 11.6. The molecule has 7 saturated carbocycles. The molecule has 1 amide bonds. The van der Waals surface area contributed by atoms with Gasteiger partial charge < -0.3 is 5.32 Å². The van der Waals surface area contributed by atoms with Gasteiger partial charge in [0, 0.05) is 6.04 Å². The Labute approximate surface area is 169 Å². The van der Waals surface area contributed by atoms with Crippen LogP contribution in [0.2, 0.25) is 0 Å². The molecule has 1 N–H and O–H groups in total. The fourth-order valence-corrected chi connectivity index (χ4v) is 9.01. The molecule has 2 nitrogen and oxygen atoms in total. The van der Waals surface area contributed by atoms with Crippen molar-refractivity contribution in [2.45, 2.75) is 89.0 Å². The van der Waals surface area contributed by atoms with Crippen LogP contribution in [-0.4, -0.2) is 11.9 Å². The molecule has 2 heteroatoms. The van der Waals surface area contributed by atoms with E-state index in [-0.39, 0.29) is 16.2 Å². The van der Waals surface area contributed by atoms with Crippen molar-refractivity contribution in [1.82, 2.24) is 5.32 Å². The van der Waals surface area contributed by atoms with E-state index in [1.165, 1.54) is 63.4 Å². The first-order valence-electron chi connectivity index (χ1n) is 11.9. The smallest absolute Gasteiger partial charge is 0.227 e. The predicted molar refractivity (Wildman–Crippen MR) is 112 cm³/mol. The Balaban J connectivity index is 1.29. The summed E-state index contributed by atoms with van der Waals surface area (Å²) in [7, 11) is 0. The van der Waals surface area contributed by atoms with E-state index in [1.54, 1.807) is 0 Å². The van der Waals surface area contributed by atoms with Gasteiger partial charge in [-0.2, -0.15) is 0 Å². The van der Waals surface area contributed by atoms with Gasteiger partial charge in [-0.25, -0.2) is 0 Å². The van der Waals surface area contributed by atoms with E-state index >= 15 is 0 Å². The van der Waals surface area contributed by atoms with Crippen LogP contribution < -0.4 is 5.32 Å². The molecule has 0 aromatic heterocycles. The maximum absolute atomic E-state index is 13.9. The molecule has 0 heterocycles. The first-order chi connectivity index (χ1) is 13.5. The number of carbonyl (C=O) groups excluding carboxylic acids is 1. The van der Waals surface area contributed by atoms with E-state index in [0.29, 0.717) is 11.9 Å². The molecular weight excluding hydrogens is 342 g/mol. The van der Waals surface area contributed by atoms with Crippen molar-refractivity contribution in [3.8, 4) is 0 Å². The number of carbonyl (C=O) groups is 1. The van der Waals surface area contributed by atoms with E-state index in [4.69, 9.17) is 0 Å². The summed E-state index contributed by atoms with van der Waals surface area (Å²) in [4.78, 5) is 13.9. The molecule has 4 atom stereocenters. The average Bonchev–Trinajstić information content (AvgIpc) is 2.88. The van der Waals surface area contributed by atoms with Crippen LogP contribution in [0.5, 0.6) is 0 Å². The van der Waals surface area contributed by atoms with E-state index in [1.807, 2.05) is 0 Å². The minimum absolute atomic E-state index is 0.114. The van der Waals surface area contributed by atoms with E-state index in [2.05, 4.69) is 42.6 Å². The van der Waals surface area contributed by atoms with Crippen LogP contribution in [0.1, 0.15) is 83.1 Å². The molecule has 7 aliphatic rings. The molecule has 4 unspecified atom stereocenters. The van der Waals surface area contributed by atoms with Gasteiger partial charge in [0.1, 0.15) is 0 Å². The highest BCUT2D eigenvalue weighted by Gasteiger charge is 2.72. The van der Waals surface area contributed by atoms with Gasteiger partial charge in [-0.05, 0) is 79.1 Å². The second-order valence-electron chi connectivity index (χ2n) is 11.6. The van der Waals surface area contributed by atoms with Crippen LogP contribution in [-0.2, 0) is 10.2 Å². The number of fused-ring (bicyclic) bond motifs is 4. The van der Waals surface area contributed by atoms with Crippen LogP contribution in [0, 0.1) is 28.6 Å². The highest BCUT2D eigenvalue weighted by atomic mass is 16.2. The quantitative estimate of drug-likeness (QED) is 0.729. The van der Waals surface area contributed by atoms with Crippen LogP contribution in [0.15, 0.2) is 30.3 Å². The van der Waals surface area contributed by atoms with Crippen LogP contribution >= 0.6 is 0 Å². The number of hydrogen-bond donors (Lipinski definition) is 1. The molecule has 7 aliphatic carbocycles. The maximum Gasteiger partial charge on any atom is 0.227 e. The fourth-order valence-electron chi connectivity index (χ4n) is 9.01. The maximum atomic E-state index is 13.9. The SMILES string of the molecule is CC12CC3CC(c4ccccc4)(C1)CC2(C(=O)NC1CC2CCC(CC2)C1)C3. The molecule has 28 heavy (non-hydrogen) atoms. The Bertz CT molecular complexity index is 767. The zero-order valence-electron chi connectivity index (χ0n) is 17.4. The molecule has 0 spiro atoms. The lowest BCUT2D eigenvalue weighted by Crippen LogP contribution is -2.49. The zero-order valence-corrected chi connectivity index (χ0v) is 17.4. The standard InChI is InChI=1S/C26H35NO/c1-24-13-20-14-25(16-24,21-5-3-2-4-6-21)17-26(24,15-20)23(28)27-22-11-18-7-8-19(12-22)10-9-18/h2-6,18-20,22H,7-17H2,1H3,(H,27,28). The third-order valence-corrected chi connectivity index (χ3v) is 9.94.